The van der Waals surface area contributed by atoms with Crippen LogP contribution in [0.3, 0.4) is 0 Å². The first-order valence-corrected chi connectivity index (χ1v) is 5.93. The van der Waals surface area contributed by atoms with Gasteiger partial charge >= 0.3 is 5.97 Å². The molecule has 0 aliphatic carbocycles. The van der Waals surface area contributed by atoms with E-state index in [0.29, 0.717) is 0 Å². The van der Waals surface area contributed by atoms with Gasteiger partial charge in [-0.3, -0.25) is 9.59 Å². The zero-order valence-corrected chi connectivity index (χ0v) is 10.7. The highest BCUT2D eigenvalue weighted by atomic mass is 16.4. The summed E-state index contributed by atoms with van der Waals surface area (Å²) in [7, 11) is 0. The van der Waals surface area contributed by atoms with Crippen molar-refractivity contribution < 1.29 is 24.6 Å². The number of hydrogen-bond acceptors (Lipinski definition) is 4. The molecule has 5 N–H and O–H groups in total. The number of carboxylic acid groups (broad SMARTS) is 1. The standard InChI is InChI=1S/C13H16N2O5/c14-12(18)10(16)7-9(13(19)20)15-11(17)6-8-4-2-1-3-5-8/h1-5,9-10,16H,6-7H2,(H2,14,18)(H,15,17)(H,19,20)/t9-,10?/m0/s1. The summed E-state index contributed by atoms with van der Waals surface area (Å²) in [6.45, 7) is 0. The summed E-state index contributed by atoms with van der Waals surface area (Å²) < 4.78 is 0. The first-order valence-electron chi connectivity index (χ1n) is 5.93. The van der Waals surface area contributed by atoms with Gasteiger partial charge in [-0.1, -0.05) is 30.3 Å². The molecule has 0 radical (unpaired) electrons. The average Bonchev–Trinajstić information content (AvgIpc) is 2.38. The SMILES string of the molecule is NC(=O)C(O)C[C@H](NC(=O)Cc1ccccc1)C(=O)O. The van der Waals surface area contributed by atoms with Crippen LogP contribution < -0.4 is 11.1 Å². The van der Waals surface area contributed by atoms with E-state index in [1.165, 1.54) is 0 Å². The number of nitrogens with one attached hydrogen (secondary N) is 1. The highest BCUT2D eigenvalue weighted by molar-refractivity contribution is 5.86. The molecule has 1 unspecified atom stereocenters. The fraction of sp³-hybridized carbons (Fsp3) is 0.308. The predicted octanol–water partition coefficient (Wildman–Crippen LogP) is -0.965. The first-order chi connectivity index (χ1) is 9.40. The van der Waals surface area contributed by atoms with Crippen molar-refractivity contribution in [2.45, 2.75) is 25.0 Å². The Morgan fingerprint density at radius 3 is 2.30 bits per heavy atom. The van der Waals surface area contributed by atoms with Crippen molar-refractivity contribution in [1.82, 2.24) is 5.32 Å². The Balaban J connectivity index is 2.59. The number of aliphatic hydroxyl groups is 1. The summed E-state index contributed by atoms with van der Waals surface area (Å²) in [5.41, 5.74) is 5.57. The number of aliphatic carboxylic acids is 1. The van der Waals surface area contributed by atoms with Gasteiger partial charge in [0.2, 0.25) is 11.8 Å². The van der Waals surface area contributed by atoms with Gasteiger partial charge in [0, 0.05) is 6.42 Å². The molecule has 20 heavy (non-hydrogen) atoms. The molecule has 0 heterocycles. The van der Waals surface area contributed by atoms with E-state index in [1.807, 2.05) is 0 Å². The van der Waals surface area contributed by atoms with Gasteiger partial charge in [-0.25, -0.2) is 4.79 Å². The summed E-state index contributed by atoms with van der Waals surface area (Å²) in [4.78, 5) is 33.4. The summed E-state index contributed by atoms with van der Waals surface area (Å²) in [6.07, 6.45) is -2.07. The van der Waals surface area contributed by atoms with Crippen LogP contribution in [-0.2, 0) is 20.8 Å². The zero-order chi connectivity index (χ0) is 15.1. The van der Waals surface area contributed by atoms with Gasteiger partial charge in [0.1, 0.15) is 12.1 Å². The summed E-state index contributed by atoms with van der Waals surface area (Å²) in [5.74, 6) is -2.89. The maximum absolute atomic E-state index is 11.7. The van der Waals surface area contributed by atoms with Crippen LogP contribution in [0.2, 0.25) is 0 Å². The number of primary amides is 1. The topological polar surface area (TPSA) is 130 Å². The normalized spacial score (nSPS) is 13.2. The number of carbonyl (C=O) groups is 3. The second-order valence-electron chi connectivity index (χ2n) is 4.27. The van der Waals surface area contributed by atoms with E-state index in [0.717, 1.165) is 5.56 Å². The molecule has 0 aliphatic rings. The molecular weight excluding hydrogens is 264 g/mol. The lowest BCUT2D eigenvalue weighted by molar-refractivity contribution is -0.143. The lowest BCUT2D eigenvalue weighted by Crippen LogP contribution is -2.45. The van der Waals surface area contributed by atoms with Gasteiger partial charge in [-0.05, 0) is 5.56 Å². The monoisotopic (exact) mass is 280 g/mol. The third-order valence-electron chi connectivity index (χ3n) is 2.63. The fourth-order valence-corrected chi connectivity index (χ4v) is 1.59. The van der Waals surface area contributed by atoms with Gasteiger partial charge in [0.25, 0.3) is 0 Å². The quantitative estimate of drug-likeness (QED) is 0.511. The molecule has 1 aromatic carbocycles. The third-order valence-corrected chi connectivity index (χ3v) is 2.63. The van der Waals surface area contributed by atoms with Crippen LogP contribution in [0.5, 0.6) is 0 Å². The molecule has 0 bridgehead atoms. The van der Waals surface area contributed by atoms with Crippen LogP contribution in [0.1, 0.15) is 12.0 Å². The maximum Gasteiger partial charge on any atom is 0.326 e. The van der Waals surface area contributed by atoms with Gasteiger partial charge in [-0.2, -0.15) is 0 Å². The van der Waals surface area contributed by atoms with Crippen molar-refractivity contribution >= 4 is 17.8 Å². The lowest BCUT2D eigenvalue weighted by Gasteiger charge is -2.16. The molecule has 108 valence electrons. The number of amides is 2. The molecule has 0 spiro atoms. The van der Waals surface area contributed by atoms with E-state index in [-0.39, 0.29) is 6.42 Å². The zero-order valence-electron chi connectivity index (χ0n) is 10.7. The number of nitrogens with two attached hydrogens (primary N) is 1. The van der Waals surface area contributed by atoms with Crippen LogP contribution in [0.25, 0.3) is 0 Å². The van der Waals surface area contributed by atoms with Crippen molar-refractivity contribution in [3.8, 4) is 0 Å². The molecule has 0 saturated heterocycles. The molecular formula is C13H16N2O5. The number of hydrogen-bond donors (Lipinski definition) is 4. The highest BCUT2D eigenvalue weighted by Gasteiger charge is 2.25. The molecule has 1 aromatic rings. The summed E-state index contributed by atoms with van der Waals surface area (Å²) in [6, 6.07) is 7.41. The van der Waals surface area contributed by atoms with Crippen molar-refractivity contribution in [2.75, 3.05) is 0 Å². The Morgan fingerprint density at radius 1 is 1.20 bits per heavy atom. The number of benzene rings is 1. The number of aliphatic hydroxyl groups excluding tert-OH is 1. The fourth-order valence-electron chi connectivity index (χ4n) is 1.59. The minimum absolute atomic E-state index is 0.0112. The van der Waals surface area contributed by atoms with Gasteiger partial charge in [0.15, 0.2) is 0 Å². The maximum atomic E-state index is 11.7. The van der Waals surface area contributed by atoms with E-state index >= 15 is 0 Å². The molecule has 1 rings (SSSR count). The first kappa shape index (κ1) is 15.6. The highest BCUT2D eigenvalue weighted by Crippen LogP contribution is 2.02. The lowest BCUT2D eigenvalue weighted by atomic mass is 10.1. The van der Waals surface area contributed by atoms with E-state index < -0.39 is 36.4 Å². The van der Waals surface area contributed by atoms with E-state index in [9.17, 15) is 19.5 Å². The third kappa shape index (κ3) is 5.07. The molecule has 0 fully saturated rings. The Morgan fingerprint density at radius 2 is 1.80 bits per heavy atom. The Kier molecular flexibility index (Phi) is 5.67. The van der Waals surface area contributed by atoms with E-state index in [1.54, 1.807) is 30.3 Å². The molecule has 2 amide bonds. The molecule has 7 heteroatoms. The second-order valence-corrected chi connectivity index (χ2v) is 4.27. The molecule has 0 aliphatic heterocycles. The van der Waals surface area contributed by atoms with Crippen molar-refractivity contribution in [1.29, 1.82) is 0 Å². The minimum atomic E-state index is -1.62. The van der Waals surface area contributed by atoms with Crippen LogP contribution in [-0.4, -0.2) is 40.1 Å². The molecule has 2 atom stereocenters. The van der Waals surface area contributed by atoms with Gasteiger partial charge in [0.05, 0.1) is 6.42 Å². The van der Waals surface area contributed by atoms with E-state index in [2.05, 4.69) is 5.32 Å². The molecule has 7 nitrogen and oxygen atoms in total. The number of carboxylic acids is 1. The number of rotatable bonds is 7. The molecule has 0 saturated carbocycles. The smallest absolute Gasteiger partial charge is 0.326 e. The Labute approximate surface area is 115 Å². The van der Waals surface area contributed by atoms with Crippen LogP contribution >= 0.6 is 0 Å². The predicted molar refractivity (Wildman–Crippen MR) is 69.5 cm³/mol. The second kappa shape index (κ2) is 7.25. The van der Waals surface area contributed by atoms with E-state index in [4.69, 9.17) is 10.8 Å². The van der Waals surface area contributed by atoms with Crippen LogP contribution in [0, 0.1) is 0 Å². The van der Waals surface area contributed by atoms with Gasteiger partial charge in [-0.15, -0.1) is 0 Å². The molecule has 0 aromatic heterocycles. The Bertz CT molecular complexity index is 489. The van der Waals surface area contributed by atoms with Gasteiger partial charge < -0.3 is 21.3 Å². The van der Waals surface area contributed by atoms with Crippen molar-refractivity contribution in [2.24, 2.45) is 5.73 Å². The minimum Gasteiger partial charge on any atom is -0.480 e. The van der Waals surface area contributed by atoms with Crippen molar-refractivity contribution in [3.63, 3.8) is 0 Å². The summed E-state index contributed by atoms with van der Waals surface area (Å²) >= 11 is 0. The average molecular weight is 280 g/mol. The number of carbonyl (C=O) groups excluding carboxylic acids is 2. The van der Waals surface area contributed by atoms with Crippen LogP contribution in [0.4, 0.5) is 0 Å². The Hall–Kier alpha value is -2.41. The van der Waals surface area contributed by atoms with Crippen LogP contribution in [0.15, 0.2) is 30.3 Å². The summed E-state index contributed by atoms with van der Waals surface area (Å²) in [5, 5.41) is 20.4. The van der Waals surface area contributed by atoms with Crippen molar-refractivity contribution in [3.05, 3.63) is 35.9 Å². The largest absolute Gasteiger partial charge is 0.480 e.